The maximum Gasteiger partial charge on any atom is 0.389 e. The number of halogens is 6. The van der Waals surface area contributed by atoms with E-state index in [0.717, 1.165) is 32.4 Å². The number of thiophene rings is 2. The summed E-state index contributed by atoms with van der Waals surface area (Å²) in [6.07, 6.45) is -4.73. The number of carbonyl (C=O) groups excluding carboxylic acids is 1. The second kappa shape index (κ2) is 12.8. The minimum atomic E-state index is -4.09. The number of carbonyl (C=O) groups is 1. The molecule has 0 aromatic carbocycles. The molecule has 0 radical (unpaired) electrons. The van der Waals surface area contributed by atoms with Gasteiger partial charge in [-0.05, 0) is 62.8 Å². The molecule has 2 heterocycles. The number of hydrogen-bond acceptors (Lipinski definition) is 3. The van der Waals surface area contributed by atoms with Gasteiger partial charge >= 0.3 is 12.4 Å². The Balaban J connectivity index is 1.65. The van der Waals surface area contributed by atoms with E-state index in [2.05, 4.69) is 0 Å². The highest BCUT2D eigenvalue weighted by Gasteiger charge is 2.26. The first kappa shape index (κ1) is 26.9. The first-order valence-electron chi connectivity index (χ1n) is 10.8. The van der Waals surface area contributed by atoms with Crippen LogP contribution in [0, 0.1) is 0 Å². The van der Waals surface area contributed by atoms with Crippen LogP contribution in [0.5, 0.6) is 0 Å². The van der Waals surface area contributed by atoms with Gasteiger partial charge < -0.3 is 0 Å². The molecule has 2 rings (SSSR count). The van der Waals surface area contributed by atoms with Gasteiger partial charge in [-0.25, -0.2) is 0 Å². The molecule has 0 saturated heterocycles. The van der Waals surface area contributed by atoms with Crippen LogP contribution in [0.2, 0.25) is 0 Å². The lowest BCUT2D eigenvalue weighted by atomic mass is 10.1. The summed E-state index contributed by atoms with van der Waals surface area (Å²) >= 11 is 3.08. The van der Waals surface area contributed by atoms with Crippen molar-refractivity contribution in [2.45, 2.75) is 89.4 Å². The number of aryl methyl sites for hydroxylation is 2. The smallest absolute Gasteiger partial charge is 0.299 e. The van der Waals surface area contributed by atoms with Gasteiger partial charge in [0.15, 0.2) is 0 Å². The minimum absolute atomic E-state index is 0.0992. The first-order valence-corrected chi connectivity index (χ1v) is 12.4. The lowest BCUT2D eigenvalue weighted by Crippen LogP contribution is -2.06. The Morgan fingerprint density at radius 2 is 0.969 bits per heavy atom. The van der Waals surface area contributed by atoms with Crippen molar-refractivity contribution in [3.05, 3.63) is 43.8 Å². The van der Waals surface area contributed by atoms with E-state index in [-0.39, 0.29) is 18.6 Å². The van der Waals surface area contributed by atoms with E-state index in [9.17, 15) is 31.1 Å². The van der Waals surface area contributed by atoms with Crippen molar-refractivity contribution in [3.8, 4) is 0 Å². The second-order valence-electron chi connectivity index (χ2n) is 7.98. The average molecular weight is 499 g/mol. The molecule has 0 unspecified atom stereocenters. The summed E-state index contributed by atoms with van der Waals surface area (Å²) in [6.45, 7) is 0. The van der Waals surface area contributed by atoms with Crippen LogP contribution >= 0.6 is 22.7 Å². The molecule has 9 heteroatoms. The van der Waals surface area contributed by atoms with Crippen molar-refractivity contribution in [1.29, 1.82) is 0 Å². The Morgan fingerprint density at radius 1 is 0.594 bits per heavy atom. The van der Waals surface area contributed by atoms with Gasteiger partial charge in [0, 0.05) is 45.2 Å². The van der Waals surface area contributed by atoms with Crippen molar-refractivity contribution in [3.63, 3.8) is 0 Å². The third kappa shape index (κ3) is 12.0. The van der Waals surface area contributed by atoms with Crippen LogP contribution in [0.25, 0.3) is 0 Å². The molecule has 0 aliphatic heterocycles. The largest absolute Gasteiger partial charge is 0.389 e. The quantitative estimate of drug-likeness (QED) is 0.189. The van der Waals surface area contributed by atoms with E-state index in [1.807, 2.05) is 24.3 Å². The van der Waals surface area contributed by atoms with Gasteiger partial charge in [-0.3, -0.25) is 4.79 Å². The van der Waals surface area contributed by atoms with E-state index in [0.29, 0.717) is 38.5 Å². The number of Topliss-reactive ketones (excluding diaryl/α,β-unsaturated/α-hetero) is 1. The molecule has 0 amide bonds. The van der Waals surface area contributed by atoms with Gasteiger partial charge in [0.2, 0.25) is 0 Å². The molecule has 0 aliphatic rings. The molecule has 1 nitrogen and oxygen atoms in total. The van der Waals surface area contributed by atoms with Gasteiger partial charge in [0.25, 0.3) is 0 Å². The topological polar surface area (TPSA) is 17.1 Å². The standard InChI is InChI=1S/C23H28F6OS2/c24-22(25,26)13-5-1-3-7-18-9-11-20(31-18)15-17(30)16-21-12-10-19(32-21)8-4-2-6-14-23(27,28)29/h9-12H,1-8,13-16H2. The zero-order valence-electron chi connectivity index (χ0n) is 17.8. The molecule has 2 aromatic rings. The molecule has 2 aromatic heterocycles. The van der Waals surface area contributed by atoms with Crippen LogP contribution < -0.4 is 0 Å². The fourth-order valence-corrected chi connectivity index (χ4v) is 5.53. The summed E-state index contributed by atoms with van der Waals surface area (Å²) in [5, 5.41) is 0. The van der Waals surface area contributed by atoms with Crippen molar-refractivity contribution in [2.24, 2.45) is 0 Å². The number of rotatable bonds is 14. The highest BCUT2D eigenvalue weighted by atomic mass is 32.1. The average Bonchev–Trinajstić information content (AvgIpc) is 3.28. The normalized spacial score (nSPS) is 12.4. The van der Waals surface area contributed by atoms with Gasteiger partial charge in [-0.15, -0.1) is 22.7 Å². The summed E-state index contributed by atoms with van der Waals surface area (Å²) < 4.78 is 72.9. The van der Waals surface area contributed by atoms with E-state index >= 15 is 0 Å². The number of hydrogen-bond donors (Lipinski definition) is 0. The number of unbranched alkanes of at least 4 members (excludes halogenated alkanes) is 4. The van der Waals surface area contributed by atoms with E-state index < -0.39 is 25.2 Å². The molecule has 0 spiro atoms. The Kier molecular flexibility index (Phi) is 10.7. The maximum absolute atomic E-state index is 12.4. The molecule has 0 saturated carbocycles. The van der Waals surface area contributed by atoms with Gasteiger partial charge in [-0.1, -0.05) is 12.8 Å². The fourth-order valence-electron chi connectivity index (χ4n) is 3.36. The Hall–Kier alpha value is -1.35. The summed E-state index contributed by atoms with van der Waals surface area (Å²) in [7, 11) is 0. The second-order valence-corrected chi connectivity index (χ2v) is 10.5. The molecule has 180 valence electrons. The summed E-state index contributed by atoms with van der Waals surface area (Å²) in [6, 6.07) is 7.71. The maximum atomic E-state index is 12.4. The van der Waals surface area contributed by atoms with Crippen LogP contribution in [-0.4, -0.2) is 18.1 Å². The Morgan fingerprint density at radius 3 is 1.34 bits per heavy atom. The molecule has 0 fully saturated rings. The third-order valence-electron chi connectivity index (χ3n) is 4.94. The van der Waals surface area contributed by atoms with E-state index in [1.165, 1.54) is 22.7 Å². The molecule has 0 N–H and O–H groups in total. The predicted molar refractivity (Wildman–Crippen MR) is 118 cm³/mol. The van der Waals surface area contributed by atoms with Crippen molar-refractivity contribution >= 4 is 28.5 Å². The predicted octanol–water partition coefficient (Wildman–Crippen LogP) is 8.49. The van der Waals surface area contributed by atoms with Crippen LogP contribution in [0.15, 0.2) is 24.3 Å². The van der Waals surface area contributed by atoms with Crippen LogP contribution in [0.1, 0.15) is 70.9 Å². The molecule has 32 heavy (non-hydrogen) atoms. The van der Waals surface area contributed by atoms with Crippen LogP contribution in [0.3, 0.4) is 0 Å². The molecular weight excluding hydrogens is 470 g/mol. The number of alkyl halides is 6. The van der Waals surface area contributed by atoms with Crippen molar-refractivity contribution in [1.82, 2.24) is 0 Å². The summed E-state index contributed by atoms with van der Waals surface area (Å²) in [5.74, 6) is 0.0992. The highest BCUT2D eigenvalue weighted by molar-refractivity contribution is 7.12. The molecule has 0 bridgehead atoms. The van der Waals surface area contributed by atoms with Gasteiger partial charge in [0.1, 0.15) is 5.78 Å². The van der Waals surface area contributed by atoms with Crippen molar-refractivity contribution in [2.75, 3.05) is 0 Å². The fraction of sp³-hybridized carbons (Fsp3) is 0.609. The van der Waals surface area contributed by atoms with Crippen LogP contribution in [-0.2, 0) is 30.5 Å². The SMILES string of the molecule is O=C(Cc1ccc(CCCCCC(F)(F)F)s1)Cc1ccc(CCCCCC(F)(F)F)s1. The molecule has 0 aliphatic carbocycles. The first-order chi connectivity index (χ1) is 15.0. The lowest BCUT2D eigenvalue weighted by molar-refractivity contribution is -0.136. The Labute approximate surface area is 192 Å². The van der Waals surface area contributed by atoms with Gasteiger partial charge in [-0.2, -0.15) is 26.3 Å². The number of ketones is 1. The zero-order valence-corrected chi connectivity index (χ0v) is 19.4. The molecule has 0 atom stereocenters. The van der Waals surface area contributed by atoms with Crippen molar-refractivity contribution < 1.29 is 31.1 Å². The highest BCUT2D eigenvalue weighted by Crippen LogP contribution is 2.26. The summed E-state index contributed by atoms with van der Waals surface area (Å²) in [5.41, 5.74) is 0. The summed E-state index contributed by atoms with van der Waals surface area (Å²) in [4.78, 5) is 16.5. The lowest BCUT2D eigenvalue weighted by Gasteiger charge is -2.04. The Bertz CT molecular complexity index is 753. The zero-order chi connectivity index (χ0) is 23.6. The van der Waals surface area contributed by atoms with Gasteiger partial charge in [0.05, 0.1) is 0 Å². The van der Waals surface area contributed by atoms with E-state index in [1.54, 1.807) is 0 Å². The minimum Gasteiger partial charge on any atom is -0.299 e. The monoisotopic (exact) mass is 498 g/mol. The van der Waals surface area contributed by atoms with Crippen LogP contribution in [0.4, 0.5) is 26.3 Å². The molecular formula is C23H28F6OS2. The van der Waals surface area contributed by atoms with E-state index in [4.69, 9.17) is 0 Å². The third-order valence-corrected chi connectivity index (χ3v) is 7.23.